The number of aliphatic hydroxyl groups is 1. The number of benzene rings is 1. The molecule has 1 aromatic carbocycles. The highest BCUT2D eigenvalue weighted by Gasteiger charge is 2.15. The summed E-state index contributed by atoms with van der Waals surface area (Å²) in [4.78, 5) is 2.38. The molecular formula is C18H28ClNO2. The smallest absolute Gasteiger partial charge is 0.0900 e. The maximum atomic E-state index is 10.2. The van der Waals surface area contributed by atoms with E-state index in [4.69, 9.17) is 16.3 Å². The van der Waals surface area contributed by atoms with E-state index in [2.05, 4.69) is 4.90 Å². The van der Waals surface area contributed by atoms with Gasteiger partial charge < -0.3 is 14.7 Å². The predicted octanol–water partition coefficient (Wildman–Crippen LogP) is 4.04. The second-order valence-corrected chi connectivity index (χ2v) is 6.69. The number of hydrogen-bond acceptors (Lipinski definition) is 3. The number of hydrogen-bond donors (Lipinski definition) is 1. The van der Waals surface area contributed by atoms with Crippen molar-refractivity contribution in [3.8, 4) is 0 Å². The molecule has 1 N–H and O–H groups in total. The molecule has 0 aliphatic carbocycles. The van der Waals surface area contributed by atoms with Crippen LogP contribution in [-0.4, -0.2) is 42.4 Å². The second kappa shape index (κ2) is 9.51. The lowest BCUT2D eigenvalue weighted by Crippen LogP contribution is -2.37. The standard InChI is InChI=1S/C18H28ClNO2/c1-15(16-7-9-17(19)10-8-16)22-14-18(21)13-20-11-5-3-2-4-6-12-20/h7-10,15,18,21H,2-6,11-14H2,1H3/t15-,18+/m1/s1. The normalized spacial score (nSPS) is 20.1. The first-order valence-electron chi connectivity index (χ1n) is 8.42. The topological polar surface area (TPSA) is 32.7 Å². The van der Waals surface area contributed by atoms with Crippen LogP contribution in [0.15, 0.2) is 24.3 Å². The van der Waals surface area contributed by atoms with E-state index in [9.17, 15) is 5.11 Å². The highest BCUT2D eigenvalue weighted by Crippen LogP contribution is 2.19. The van der Waals surface area contributed by atoms with Crippen LogP contribution >= 0.6 is 11.6 Å². The third-order valence-corrected chi connectivity index (χ3v) is 4.55. The Morgan fingerprint density at radius 3 is 2.32 bits per heavy atom. The number of nitrogens with zero attached hydrogens (tertiary/aromatic N) is 1. The van der Waals surface area contributed by atoms with Crippen molar-refractivity contribution >= 4 is 11.6 Å². The van der Waals surface area contributed by atoms with Crippen LogP contribution in [0.5, 0.6) is 0 Å². The SMILES string of the molecule is C[C@@H](OC[C@@H](O)CN1CCCCCCC1)c1ccc(Cl)cc1. The number of likely N-dealkylation sites (tertiary alicyclic amines) is 1. The lowest BCUT2D eigenvalue weighted by Gasteiger charge is -2.27. The lowest BCUT2D eigenvalue weighted by molar-refractivity contribution is -0.0164. The van der Waals surface area contributed by atoms with Crippen molar-refractivity contribution in [3.05, 3.63) is 34.9 Å². The molecule has 1 aromatic rings. The van der Waals surface area contributed by atoms with E-state index < -0.39 is 6.10 Å². The molecule has 0 unspecified atom stereocenters. The molecule has 124 valence electrons. The van der Waals surface area contributed by atoms with Crippen LogP contribution in [0.2, 0.25) is 5.02 Å². The molecule has 0 saturated carbocycles. The van der Waals surface area contributed by atoms with Crippen molar-refractivity contribution < 1.29 is 9.84 Å². The van der Waals surface area contributed by atoms with Gasteiger partial charge in [0, 0.05) is 11.6 Å². The van der Waals surface area contributed by atoms with E-state index in [0.717, 1.165) is 23.7 Å². The molecule has 0 aromatic heterocycles. The monoisotopic (exact) mass is 325 g/mol. The van der Waals surface area contributed by atoms with Gasteiger partial charge in [-0.15, -0.1) is 0 Å². The zero-order valence-corrected chi connectivity index (χ0v) is 14.3. The summed E-state index contributed by atoms with van der Waals surface area (Å²) in [6.07, 6.45) is 6.03. The van der Waals surface area contributed by atoms with Crippen LogP contribution in [0.3, 0.4) is 0 Å². The molecule has 0 spiro atoms. The van der Waals surface area contributed by atoms with Crippen molar-refractivity contribution in [2.24, 2.45) is 0 Å². The Morgan fingerprint density at radius 1 is 1.09 bits per heavy atom. The fraction of sp³-hybridized carbons (Fsp3) is 0.667. The Labute approximate surface area is 139 Å². The number of ether oxygens (including phenoxy) is 1. The summed E-state index contributed by atoms with van der Waals surface area (Å²) < 4.78 is 5.81. The summed E-state index contributed by atoms with van der Waals surface area (Å²) in [6.45, 7) is 5.30. The van der Waals surface area contributed by atoms with Gasteiger partial charge in [-0.3, -0.25) is 0 Å². The molecule has 1 fully saturated rings. The Kier molecular flexibility index (Phi) is 7.67. The first-order chi connectivity index (χ1) is 10.6. The second-order valence-electron chi connectivity index (χ2n) is 6.25. The van der Waals surface area contributed by atoms with Gasteiger partial charge in [0.05, 0.1) is 18.8 Å². The lowest BCUT2D eigenvalue weighted by atomic mass is 10.1. The quantitative estimate of drug-likeness (QED) is 0.856. The fourth-order valence-corrected chi connectivity index (χ4v) is 3.06. The van der Waals surface area contributed by atoms with Crippen LogP contribution in [-0.2, 0) is 4.74 Å². The van der Waals surface area contributed by atoms with E-state index in [1.54, 1.807) is 0 Å². The van der Waals surface area contributed by atoms with Gasteiger partial charge in [0.25, 0.3) is 0 Å². The number of β-amino-alcohol motifs (C(OH)–C–C–N with tert-alkyl or cyclic N) is 1. The van der Waals surface area contributed by atoms with E-state index in [1.165, 1.54) is 32.1 Å². The Morgan fingerprint density at radius 2 is 1.68 bits per heavy atom. The third kappa shape index (κ3) is 6.25. The van der Waals surface area contributed by atoms with Crippen LogP contribution < -0.4 is 0 Å². The molecule has 3 nitrogen and oxygen atoms in total. The van der Waals surface area contributed by atoms with E-state index >= 15 is 0 Å². The molecule has 2 rings (SSSR count). The molecule has 1 saturated heterocycles. The highest BCUT2D eigenvalue weighted by atomic mass is 35.5. The van der Waals surface area contributed by atoms with Crippen LogP contribution in [0.1, 0.15) is 50.7 Å². The van der Waals surface area contributed by atoms with Gasteiger partial charge in [-0.1, -0.05) is 43.0 Å². The number of halogens is 1. The summed E-state index contributed by atoms with van der Waals surface area (Å²) in [5.41, 5.74) is 1.09. The first-order valence-corrected chi connectivity index (χ1v) is 8.80. The van der Waals surface area contributed by atoms with Crippen molar-refractivity contribution in [2.45, 2.75) is 51.2 Å². The third-order valence-electron chi connectivity index (χ3n) is 4.30. The van der Waals surface area contributed by atoms with Gasteiger partial charge in [-0.2, -0.15) is 0 Å². The summed E-state index contributed by atoms with van der Waals surface area (Å²) in [5, 5.41) is 10.9. The predicted molar refractivity (Wildman–Crippen MR) is 91.4 cm³/mol. The minimum Gasteiger partial charge on any atom is -0.389 e. The maximum absolute atomic E-state index is 10.2. The van der Waals surface area contributed by atoms with Crippen LogP contribution in [0.25, 0.3) is 0 Å². The van der Waals surface area contributed by atoms with E-state index in [1.807, 2.05) is 31.2 Å². The van der Waals surface area contributed by atoms with Gasteiger partial charge >= 0.3 is 0 Å². The highest BCUT2D eigenvalue weighted by molar-refractivity contribution is 6.30. The zero-order valence-electron chi connectivity index (χ0n) is 13.5. The van der Waals surface area contributed by atoms with Crippen LogP contribution in [0, 0.1) is 0 Å². The van der Waals surface area contributed by atoms with Crippen LogP contribution in [0.4, 0.5) is 0 Å². The molecule has 0 amide bonds. The summed E-state index contributed by atoms with van der Waals surface area (Å²) >= 11 is 5.89. The van der Waals surface area contributed by atoms with Gasteiger partial charge in [0.1, 0.15) is 0 Å². The molecule has 22 heavy (non-hydrogen) atoms. The average Bonchev–Trinajstić information content (AvgIpc) is 2.48. The average molecular weight is 326 g/mol. The van der Waals surface area contributed by atoms with E-state index in [-0.39, 0.29) is 6.10 Å². The minimum atomic E-state index is -0.422. The molecule has 0 bridgehead atoms. The Bertz CT molecular complexity index is 416. The summed E-state index contributed by atoms with van der Waals surface area (Å²) in [5.74, 6) is 0. The summed E-state index contributed by atoms with van der Waals surface area (Å²) in [7, 11) is 0. The number of rotatable bonds is 6. The molecular weight excluding hydrogens is 298 g/mol. The minimum absolute atomic E-state index is 0.0285. The molecule has 0 radical (unpaired) electrons. The maximum Gasteiger partial charge on any atom is 0.0900 e. The zero-order chi connectivity index (χ0) is 15.8. The molecule has 1 aliphatic heterocycles. The Balaban J connectivity index is 1.71. The van der Waals surface area contributed by atoms with Gasteiger partial charge in [0.2, 0.25) is 0 Å². The fourth-order valence-electron chi connectivity index (χ4n) is 2.93. The molecule has 4 heteroatoms. The van der Waals surface area contributed by atoms with Crippen molar-refractivity contribution in [3.63, 3.8) is 0 Å². The van der Waals surface area contributed by atoms with Crippen molar-refractivity contribution in [2.75, 3.05) is 26.2 Å². The first kappa shape index (κ1) is 17.7. The molecule has 1 heterocycles. The molecule has 1 aliphatic rings. The van der Waals surface area contributed by atoms with Crippen molar-refractivity contribution in [1.82, 2.24) is 4.90 Å². The van der Waals surface area contributed by atoms with Gasteiger partial charge in [0.15, 0.2) is 0 Å². The molecule has 2 atom stereocenters. The largest absolute Gasteiger partial charge is 0.389 e. The van der Waals surface area contributed by atoms with Gasteiger partial charge in [-0.25, -0.2) is 0 Å². The van der Waals surface area contributed by atoms with Gasteiger partial charge in [-0.05, 0) is 50.6 Å². The van der Waals surface area contributed by atoms with E-state index in [0.29, 0.717) is 13.2 Å². The summed E-state index contributed by atoms with van der Waals surface area (Å²) in [6, 6.07) is 7.68. The van der Waals surface area contributed by atoms with Crippen molar-refractivity contribution in [1.29, 1.82) is 0 Å². The Hall–Kier alpha value is -0.610. The number of aliphatic hydroxyl groups excluding tert-OH is 1.